The smallest absolute Gasteiger partial charge is 0.253 e. The molecule has 1 aliphatic rings. The van der Waals surface area contributed by atoms with Gasteiger partial charge in [-0.2, -0.15) is 0 Å². The second-order valence-corrected chi connectivity index (χ2v) is 6.96. The lowest BCUT2D eigenvalue weighted by atomic mass is 10.2. The molecular weight excluding hydrogens is 330 g/mol. The summed E-state index contributed by atoms with van der Waals surface area (Å²) in [5.74, 6) is -1.41. The Morgan fingerprint density at radius 3 is 2.45 bits per heavy atom. The molecule has 20 heavy (non-hydrogen) atoms. The summed E-state index contributed by atoms with van der Waals surface area (Å²) < 4.78 is 36.4. The second-order valence-electron chi connectivity index (χ2n) is 4.70. The number of amides is 1. The molecule has 0 heterocycles. The van der Waals surface area contributed by atoms with Gasteiger partial charge in [0.25, 0.3) is 5.91 Å². The van der Waals surface area contributed by atoms with Crippen LogP contribution in [0.5, 0.6) is 0 Å². The van der Waals surface area contributed by atoms with Crippen molar-refractivity contribution in [2.24, 2.45) is 11.1 Å². The number of nitrogens with one attached hydrogen (secondary N) is 1. The first-order chi connectivity index (χ1) is 9.12. The Bertz CT molecular complexity index is 693. The molecule has 2 rings (SSSR count). The monoisotopic (exact) mass is 340 g/mol. The van der Waals surface area contributed by atoms with Gasteiger partial charge in [0.05, 0.1) is 15.6 Å². The number of primary sulfonamides is 1. The van der Waals surface area contributed by atoms with E-state index in [4.69, 9.17) is 28.3 Å². The first-order valence-corrected chi connectivity index (χ1v) is 7.94. The quantitative estimate of drug-likeness (QED) is 0.823. The standard InChI is InChI=1S/C11H11Cl2FN2O3S/c1-4-2-7(4)16-11(17)5-3-6(14)9(13)10(8(5)12)20(15,18)19/h3-4,7H,2H2,1H3,(H,16,17)(H2,15,18,19). The van der Waals surface area contributed by atoms with Gasteiger partial charge in [-0.25, -0.2) is 17.9 Å². The van der Waals surface area contributed by atoms with E-state index >= 15 is 0 Å². The zero-order valence-electron chi connectivity index (χ0n) is 10.3. The molecular formula is C11H11Cl2FN2O3S. The lowest BCUT2D eigenvalue weighted by molar-refractivity contribution is 0.0949. The molecule has 5 nitrogen and oxygen atoms in total. The fourth-order valence-electron chi connectivity index (χ4n) is 1.76. The van der Waals surface area contributed by atoms with Crippen LogP contribution in [0.25, 0.3) is 0 Å². The van der Waals surface area contributed by atoms with Gasteiger partial charge in [-0.1, -0.05) is 30.1 Å². The highest BCUT2D eigenvalue weighted by Crippen LogP contribution is 2.35. The molecule has 1 aromatic carbocycles. The van der Waals surface area contributed by atoms with Crippen LogP contribution in [0.4, 0.5) is 4.39 Å². The summed E-state index contributed by atoms with van der Waals surface area (Å²) in [6, 6.07) is 0.775. The molecule has 1 aromatic rings. The molecule has 110 valence electrons. The predicted octanol–water partition coefficient (Wildman–Crippen LogP) is 1.92. The maximum absolute atomic E-state index is 13.6. The van der Waals surface area contributed by atoms with Gasteiger partial charge in [0.2, 0.25) is 10.0 Å². The summed E-state index contributed by atoms with van der Waals surface area (Å²) in [7, 11) is -4.35. The topological polar surface area (TPSA) is 89.3 Å². The van der Waals surface area contributed by atoms with Gasteiger partial charge in [0.1, 0.15) is 10.7 Å². The zero-order chi connectivity index (χ0) is 15.2. The maximum Gasteiger partial charge on any atom is 0.253 e. The van der Waals surface area contributed by atoms with Crippen LogP contribution in [0, 0.1) is 11.7 Å². The Kier molecular flexibility index (Phi) is 3.98. The normalized spacial score (nSPS) is 21.6. The molecule has 1 aliphatic carbocycles. The molecule has 0 radical (unpaired) electrons. The van der Waals surface area contributed by atoms with Gasteiger partial charge in [-0.05, 0) is 18.4 Å². The molecule has 1 amide bonds. The first kappa shape index (κ1) is 15.5. The largest absolute Gasteiger partial charge is 0.349 e. The summed E-state index contributed by atoms with van der Waals surface area (Å²) in [6.45, 7) is 1.94. The highest BCUT2D eigenvalue weighted by Gasteiger charge is 2.35. The summed E-state index contributed by atoms with van der Waals surface area (Å²) in [5.41, 5.74) is -0.309. The van der Waals surface area contributed by atoms with E-state index in [1.54, 1.807) is 0 Å². The zero-order valence-corrected chi connectivity index (χ0v) is 12.6. The van der Waals surface area contributed by atoms with Crippen molar-refractivity contribution in [3.05, 3.63) is 27.5 Å². The number of sulfonamides is 1. The number of hydrogen-bond donors (Lipinski definition) is 2. The minimum absolute atomic E-state index is 0.0183. The van der Waals surface area contributed by atoms with E-state index in [1.165, 1.54) is 0 Å². The van der Waals surface area contributed by atoms with Crippen LogP contribution >= 0.6 is 23.2 Å². The molecule has 3 N–H and O–H groups in total. The van der Waals surface area contributed by atoms with Gasteiger partial charge in [-0.3, -0.25) is 4.79 Å². The maximum atomic E-state index is 13.6. The second kappa shape index (κ2) is 5.14. The van der Waals surface area contributed by atoms with Crippen molar-refractivity contribution in [1.29, 1.82) is 0 Å². The van der Waals surface area contributed by atoms with E-state index in [0.29, 0.717) is 5.92 Å². The van der Waals surface area contributed by atoms with Crippen molar-refractivity contribution in [2.75, 3.05) is 0 Å². The molecule has 0 saturated heterocycles. The first-order valence-electron chi connectivity index (χ1n) is 5.64. The number of carbonyl (C=O) groups is 1. The number of halogens is 3. The van der Waals surface area contributed by atoms with Crippen molar-refractivity contribution in [1.82, 2.24) is 5.32 Å². The SMILES string of the molecule is CC1CC1NC(=O)c1cc(F)c(Cl)c(S(N)(=O)=O)c1Cl. The van der Waals surface area contributed by atoms with Crippen molar-refractivity contribution in [2.45, 2.75) is 24.3 Å². The van der Waals surface area contributed by atoms with Gasteiger partial charge in [-0.15, -0.1) is 0 Å². The average molecular weight is 341 g/mol. The number of hydrogen-bond acceptors (Lipinski definition) is 3. The van der Waals surface area contributed by atoms with E-state index < -0.39 is 36.7 Å². The summed E-state index contributed by atoms with van der Waals surface area (Å²) in [6.07, 6.45) is 0.807. The van der Waals surface area contributed by atoms with E-state index in [0.717, 1.165) is 12.5 Å². The van der Waals surface area contributed by atoms with Crippen LogP contribution < -0.4 is 10.5 Å². The van der Waals surface area contributed by atoms with Crippen LogP contribution in [0.2, 0.25) is 10.0 Å². The molecule has 2 atom stereocenters. The van der Waals surface area contributed by atoms with Gasteiger partial charge in [0, 0.05) is 6.04 Å². The highest BCUT2D eigenvalue weighted by molar-refractivity contribution is 7.89. The molecule has 0 bridgehead atoms. The number of nitrogens with two attached hydrogens (primary N) is 1. The van der Waals surface area contributed by atoms with E-state index in [9.17, 15) is 17.6 Å². The molecule has 9 heteroatoms. The molecule has 0 spiro atoms. The predicted molar refractivity (Wildman–Crippen MR) is 72.8 cm³/mol. The Morgan fingerprint density at radius 1 is 1.45 bits per heavy atom. The van der Waals surface area contributed by atoms with E-state index in [1.807, 2.05) is 6.92 Å². The summed E-state index contributed by atoms with van der Waals surface area (Å²) in [5, 5.41) is 6.34. The average Bonchev–Trinajstić information content (AvgIpc) is 2.97. The fraction of sp³-hybridized carbons (Fsp3) is 0.364. The number of benzene rings is 1. The molecule has 1 fully saturated rings. The van der Waals surface area contributed by atoms with E-state index in [2.05, 4.69) is 5.32 Å². The summed E-state index contributed by atoms with van der Waals surface area (Å²) >= 11 is 11.4. The van der Waals surface area contributed by atoms with Crippen LogP contribution in [-0.4, -0.2) is 20.4 Å². The Morgan fingerprint density at radius 2 is 2.00 bits per heavy atom. The molecule has 1 saturated carbocycles. The molecule has 0 aromatic heterocycles. The third-order valence-electron chi connectivity index (χ3n) is 3.07. The minimum atomic E-state index is -4.35. The fourth-order valence-corrected chi connectivity index (χ4v) is 3.55. The van der Waals surface area contributed by atoms with Crippen molar-refractivity contribution in [3.63, 3.8) is 0 Å². The van der Waals surface area contributed by atoms with Crippen molar-refractivity contribution in [3.8, 4) is 0 Å². The number of carbonyl (C=O) groups excluding carboxylic acids is 1. The van der Waals surface area contributed by atoms with Gasteiger partial charge < -0.3 is 5.32 Å². The van der Waals surface area contributed by atoms with Gasteiger partial charge in [0.15, 0.2) is 0 Å². The Labute approximate surface area is 125 Å². The lowest BCUT2D eigenvalue weighted by Crippen LogP contribution is -2.27. The summed E-state index contributed by atoms with van der Waals surface area (Å²) in [4.78, 5) is 11.2. The third-order valence-corrected chi connectivity index (χ3v) is 5.03. The van der Waals surface area contributed by atoms with Crippen LogP contribution in [-0.2, 0) is 10.0 Å². The van der Waals surface area contributed by atoms with Crippen LogP contribution in [0.1, 0.15) is 23.7 Å². The van der Waals surface area contributed by atoms with E-state index in [-0.39, 0.29) is 11.6 Å². The highest BCUT2D eigenvalue weighted by atomic mass is 35.5. The Hall–Kier alpha value is -0.890. The number of rotatable bonds is 3. The Balaban J connectivity index is 2.49. The van der Waals surface area contributed by atoms with Crippen LogP contribution in [0.3, 0.4) is 0 Å². The molecule has 0 aliphatic heterocycles. The van der Waals surface area contributed by atoms with Crippen molar-refractivity contribution < 1.29 is 17.6 Å². The van der Waals surface area contributed by atoms with Crippen molar-refractivity contribution >= 4 is 39.1 Å². The van der Waals surface area contributed by atoms with Crippen LogP contribution in [0.15, 0.2) is 11.0 Å². The molecule has 2 unspecified atom stereocenters. The van der Waals surface area contributed by atoms with Gasteiger partial charge >= 0.3 is 0 Å². The lowest BCUT2D eigenvalue weighted by Gasteiger charge is -2.11. The minimum Gasteiger partial charge on any atom is -0.349 e. The third kappa shape index (κ3) is 2.90.